The van der Waals surface area contributed by atoms with Crippen molar-refractivity contribution >= 4 is 11.5 Å². The minimum atomic E-state index is 0.526. The molecule has 1 aliphatic rings. The van der Waals surface area contributed by atoms with Crippen LogP contribution in [0.5, 0.6) is 0 Å². The molecule has 0 saturated carbocycles. The maximum atomic E-state index is 5.74. The van der Waals surface area contributed by atoms with Crippen molar-refractivity contribution in [2.45, 2.75) is 40.0 Å². The van der Waals surface area contributed by atoms with E-state index in [1.54, 1.807) is 6.20 Å². The predicted octanol–water partition coefficient (Wildman–Crippen LogP) is 2.99. The van der Waals surface area contributed by atoms with Crippen LogP contribution in [0.1, 0.15) is 38.7 Å². The monoisotopic (exact) mass is 233 g/mol. The molecule has 94 valence electrons. The Balaban J connectivity index is 2.10. The van der Waals surface area contributed by atoms with Gasteiger partial charge >= 0.3 is 0 Å². The standard InChI is InChI=1S/C14H23N3/c1-4-14(3)5-7-17(8-6-14)13-11(2)9-12(15)10-16-13/h9-10H,4-8,15H2,1-3H3. The molecule has 1 saturated heterocycles. The van der Waals surface area contributed by atoms with Crippen LogP contribution in [0.4, 0.5) is 11.5 Å². The molecule has 17 heavy (non-hydrogen) atoms. The summed E-state index contributed by atoms with van der Waals surface area (Å²) < 4.78 is 0. The van der Waals surface area contributed by atoms with Crippen LogP contribution < -0.4 is 10.6 Å². The summed E-state index contributed by atoms with van der Waals surface area (Å²) in [5.74, 6) is 1.11. The van der Waals surface area contributed by atoms with Gasteiger partial charge in [0.25, 0.3) is 0 Å². The van der Waals surface area contributed by atoms with Crippen LogP contribution >= 0.6 is 0 Å². The van der Waals surface area contributed by atoms with Gasteiger partial charge in [-0.15, -0.1) is 0 Å². The molecule has 0 amide bonds. The van der Waals surface area contributed by atoms with Gasteiger partial charge in [-0.3, -0.25) is 0 Å². The van der Waals surface area contributed by atoms with Crippen LogP contribution in [0.3, 0.4) is 0 Å². The largest absolute Gasteiger partial charge is 0.397 e. The van der Waals surface area contributed by atoms with Crippen molar-refractivity contribution in [3.8, 4) is 0 Å². The molecular weight excluding hydrogens is 210 g/mol. The van der Waals surface area contributed by atoms with Crippen molar-refractivity contribution < 1.29 is 0 Å². The molecule has 0 bridgehead atoms. The van der Waals surface area contributed by atoms with E-state index in [2.05, 4.69) is 30.7 Å². The van der Waals surface area contributed by atoms with Gasteiger partial charge < -0.3 is 10.6 Å². The maximum Gasteiger partial charge on any atom is 0.131 e. The highest BCUT2D eigenvalue weighted by Gasteiger charge is 2.29. The van der Waals surface area contributed by atoms with Crippen molar-refractivity contribution in [1.29, 1.82) is 0 Å². The molecule has 3 nitrogen and oxygen atoms in total. The fourth-order valence-electron chi connectivity index (χ4n) is 2.53. The van der Waals surface area contributed by atoms with E-state index in [-0.39, 0.29) is 0 Å². The van der Waals surface area contributed by atoms with E-state index in [1.807, 2.05) is 6.07 Å². The zero-order valence-electron chi connectivity index (χ0n) is 11.2. The Morgan fingerprint density at radius 2 is 2.06 bits per heavy atom. The van der Waals surface area contributed by atoms with Crippen molar-refractivity contribution in [3.63, 3.8) is 0 Å². The lowest BCUT2D eigenvalue weighted by Gasteiger charge is -2.39. The van der Waals surface area contributed by atoms with E-state index in [0.717, 1.165) is 24.6 Å². The number of nitrogens with zero attached hydrogens (tertiary/aromatic N) is 2. The Hall–Kier alpha value is -1.25. The number of rotatable bonds is 2. The van der Waals surface area contributed by atoms with Gasteiger partial charge in [-0.05, 0) is 36.8 Å². The first kappa shape index (κ1) is 12.2. The number of aryl methyl sites for hydroxylation is 1. The van der Waals surface area contributed by atoms with Crippen molar-refractivity contribution in [1.82, 2.24) is 4.98 Å². The summed E-state index contributed by atoms with van der Waals surface area (Å²) in [5, 5.41) is 0. The van der Waals surface area contributed by atoms with Gasteiger partial charge in [0.1, 0.15) is 5.82 Å². The molecule has 0 atom stereocenters. The molecule has 2 heterocycles. The van der Waals surface area contributed by atoms with Crippen LogP contribution in [0.2, 0.25) is 0 Å². The average molecular weight is 233 g/mol. The van der Waals surface area contributed by atoms with Crippen LogP contribution in [0.25, 0.3) is 0 Å². The smallest absolute Gasteiger partial charge is 0.131 e. The molecule has 0 aromatic carbocycles. The summed E-state index contributed by atoms with van der Waals surface area (Å²) in [6, 6.07) is 2.01. The zero-order chi connectivity index (χ0) is 12.5. The van der Waals surface area contributed by atoms with Gasteiger partial charge in [0.15, 0.2) is 0 Å². The quantitative estimate of drug-likeness (QED) is 0.854. The number of nitrogen functional groups attached to an aromatic ring is 1. The second kappa shape index (κ2) is 4.55. The summed E-state index contributed by atoms with van der Waals surface area (Å²) in [6.45, 7) is 9.01. The molecule has 0 unspecified atom stereocenters. The topological polar surface area (TPSA) is 42.2 Å². The molecule has 3 heteroatoms. The third kappa shape index (κ3) is 2.54. The number of hydrogen-bond acceptors (Lipinski definition) is 3. The Morgan fingerprint density at radius 1 is 1.41 bits per heavy atom. The number of hydrogen-bond donors (Lipinski definition) is 1. The summed E-state index contributed by atoms with van der Waals surface area (Å²) in [6.07, 6.45) is 5.55. The van der Waals surface area contributed by atoms with Gasteiger partial charge in [0, 0.05) is 13.1 Å². The summed E-state index contributed by atoms with van der Waals surface area (Å²) in [7, 11) is 0. The number of piperidine rings is 1. The molecule has 1 aromatic rings. The SMILES string of the molecule is CCC1(C)CCN(c2ncc(N)cc2C)CC1. The van der Waals surface area contributed by atoms with Crippen LogP contribution in [-0.4, -0.2) is 18.1 Å². The fraction of sp³-hybridized carbons (Fsp3) is 0.643. The second-order valence-electron chi connectivity index (χ2n) is 5.56. The lowest BCUT2D eigenvalue weighted by atomic mass is 9.78. The van der Waals surface area contributed by atoms with Crippen LogP contribution in [-0.2, 0) is 0 Å². The van der Waals surface area contributed by atoms with Gasteiger partial charge in [-0.25, -0.2) is 4.98 Å². The molecule has 0 aliphatic carbocycles. The highest BCUT2D eigenvalue weighted by atomic mass is 15.2. The number of aromatic nitrogens is 1. The maximum absolute atomic E-state index is 5.74. The van der Waals surface area contributed by atoms with Crippen LogP contribution in [0.15, 0.2) is 12.3 Å². The predicted molar refractivity (Wildman–Crippen MR) is 73.2 cm³/mol. The normalized spacial score (nSPS) is 19.4. The molecule has 1 aromatic heterocycles. The number of pyridine rings is 1. The van der Waals surface area contributed by atoms with E-state index in [1.165, 1.54) is 24.8 Å². The third-order valence-electron chi connectivity index (χ3n) is 4.20. The molecular formula is C14H23N3. The summed E-state index contributed by atoms with van der Waals surface area (Å²) in [5.41, 5.74) is 8.20. The molecule has 0 radical (unpaired) electrons. The Morgan fingerprint density at radius 3 is 2.59 bits per heavy atom. The summed E-state index contributed by atoms with van der Waals surface area (Å²) in [4.78, 5) is 6.87. The third-order valence-corrected chi connectivity index (χ3v) is 4.20. The van der Waals surface area contributed by atoms with E-state index >= 15 is 0 Å². The molecule has 2 N–H and O–H groups in total. The fourth-order valence-corrected chi connectivity index (χ4v) is 2.53. The van der Waals surface area contributed by atoms with Gasteiger partial charge in [-0.1, -0.05) is 20.3 Å². The van der Waals surface area contributed by atoms with Crippen molar-refractivity contribution in [2.75, 3.05) is 23.7 Å². The van der Waals surface area contributed by atoms with Crippen molar-refractivity contribution in [3.05, 3.63) is 17.8 Å². The first-order valence-corrected chi connectivity index (χ1v) is 6.51. The number of nitrogens with two attached hydrogens (primary N) is 1. The molecule has 2 rings (SSSR count). The Labute approximate surface area is 104 Å². The van der Waals surface area contributed by atoms with E-state index in [4.69, 9.17) is 5.73 Å². The van der Waals surface area contributed by atoms with Crippen molar-refractivity contribution in [2.24, 2.45) is 5.41 Å². The second-order valence-corrected chi connectivity index (χ2v) is 5.56. The van der Waals surface area contributed by atoms with Gasteiger partial charge in [-0.2, -0.15) is 0 Å². The van der Waals surface area contributed by atoms with Crippen LogP contribution in [0, 0.1) is 12.3 Å². The highest BCUT2D eigenvalue weighted by Crippen LogP contribution is 2.35. The minimum absolute atomic E-state index is 0.526. The molecule has 1 fully saturated rings. The highest BCUT2D eigenvalue weighted by molar-refractivity contribution is 5.52. The van der Waals surface area contributed by atoms with Gasteiger partial charge in [0.05, 0.1) is 11.9 Å². The zero-order valence-corrected chi connectivity index (χ0v) is 11.2. The van der Waals surface area contributed by atoms with E-state index in [0.29, 0.717) is 5.41 Å². The molecule has 1 aliphatic heterocycles. The molecule has 0 spiro atoms. The summed E-state index contributed by atoms with van der Waals surface area (Å²) >= 11 is 0. The average Bonchev–Trinajstić information content (AvgIpc) is 2.31. The Kier molecular flexibility index (Phi) is 3.27. The first-order chi connectivity index (χ1) is 8.04. The number of anilines is 2. The van der Waals surface area contributed by atoms with Gasteiger partial charge in [0.2, 0.25) is 0 Å². The lowest BCUT2D eigenvalue weighted by molar-refractivity contribution is 0.237. The lowest BCUT2D eigenvalue weighted by Crippen LogP contribution is -2.39. The Bertz CT molecular complexity index is 392. The first-order valence-electron chi connectivity index (χ1n) is 6.51. The van der Waals surface area contributed by atoms with E-state index in [9.17, 15) is 0 Å². The van der Waals surface area contributed by atoms with E-state index < -0.39 is 0 Å². The minimum Gasteiger partial charge on any atom is -0.397 e.